The number of rotatable bonds is 6. The lowest BCUT2D eigenvalue weighted by molar-refractivity contribution is -0.122. The molecule has 1 atom stereocenters. The number of fused-ring (bicyclic) bond motifs is 5. The molecule has 1 unspecified atom stereocenters. The van der Waals surface area contributed by atoms with E-state index in [9.17, 15) is 9.59 Å². The second kappa shape index (κ2) is 9.03. The van der Waals surface area contributed by atoms with Crippen LogP contribution < -0.4 is 19.7 Å². The van der Waals surface area contributed by atoms with Crippen LogP contribution >= 0.6 is 11.3 Å². The molecular weight excluding hydrogens is 496 g/mol. The molecule has 0 radical (unpaired) electrons. The van der Waals surface area contributed by atoms with Crippen LogP contribution in [0.2, 0.25) is 0 Å². The summed E-state index contributed by atoms with van der Waals surface area (Å²) in [5.41, 5.74) is 4.65. The Labute approximate surface area is 224 Å². The van der Waals surface area contributed by atoms with E-state index in [0.717, 1.165) is 52.3 Å². The van der Waals surface area contributed by atoms with Gasteiger partial charge in [0.05, 0.1) is 13.2 Å². The first-order valence-electron chi connectivity index (χ1n) is 12.9. The number of nitrogens with zero attached hydrogens (tertiary/aromatic N) is 1. The highest BCUT2D eigenvalue weighted by Crippen LogP contribution is 2.54. The number of thiophene rings is 1. The summed E-state index contributed by atoms with van der Waals surface area (Å²) in [5.74, 6) is 1.51. The first kappa shape index (κ1) is 23.0. The van der Waals surface area contributed by atoms with Crippen molar-refractivity contribution in [3.05, 3.63) is 111 Å². The van der Waals surface area contributed by atoms with Crippen molar-refractivity contribution in [1.82, 2.24) is 5.32 Å². The van der Waals surface area contributed by atoms with E-state index in [-0.39, 0.29) is 18.4 Å². The second-order valence-corrected chi connectivity index (χ2v) is 11.0. The monoisotopic (exact) mass is 522 g/mol. The minimum Gasteiger partial charge on any atom is -0.493 e. The highest BCUT2D eigenvalue weighted by Gasteiger charge is 2.57. The van der Waals surface area contributed by atoms with Crippen molar-refractivity contribution >= 4 is 28.8 Å². The highest BCUT2D eigenvalue weighted by molar-refractivity contribution is 7.09. The molecule has 1 aromatic heterocycles. The summed E-state index contributed by atoms with van der Waals surface area (Å²) in [5, 5.41) is 5.03. The molecule has 6 nitrogen and oxygen atoms in total. The number of para-hydroxylation sites is 1. The van der Waals surface area contributed by atoms with Crippen LogP contribution in [-0.4, -0.2) is 31.6 Å². The van der Waals surface area contributed by atoms with E-state index in [1.807, 2.05) is 70.9 Å². The zero-order chi connectivity index (χ0) is 25.7. The lowest BCUT2D eigenvalue weighted by Gasteiger charge is -2.23. The van der Waals surface area contributed by atoms with E-state index in [2.05, 4.69) is 17.4 Å². The first-order valence-corrected chi connectivity index (χ1v) is 13.8. The molecule has 4 aromatic rings. The fourth-order valence-corrected chi connectivity index (χ4v) is 6.51. The van der Waals surface area contributed by atoms with Gasteiger partial charge >= 0.3 is 0 Å². The maximum absolute atomic E-state index is 14.2. The SMILES string of the molecule is O=C(NCCc1cccs1)c1ccc(CN2C(=O)C3(COc4cc5c(cc43)CCO5)c3ccccc32)cc1. The topological polar surface area (TPSA) is 67.9 Å². The number of nitrogens with one attached hydrogen (secondary N) is 1. The Morgan fingerprint density at radius 3 is 2.68 bits per heavy atom. The van der Waals surface area contributed by atoms with Crippen LogP contribution in [0, 0.1) is 0 Å². The molecule has 0 saturated heterocycles. The van der Waals surface area contributed by atoms with Gasteiger partial charge in [0.1, 0.15) is 23.5 Å². The first-order chi connectivity index (χ1) is 18.6. The molecule has 3 aliphatic rings. The van der Waals surface area contributed by atoms with Gasteiger partial charge in [0.25, 0.3) is 5.91 Å². The maximum Gasteiger partial charge on any atom is 0.251 e. The van der Waals surface area contributed by atoms with Gasteiger partial charge in [-0.3, -0.25) is 9.59 Å². The average Bonchev–Trinajstić information content (AvgIpc) is 3.73. The number of amides is 2. The van der Waals surface area contributed by atoms with Crippen LogP contribution in [0.5, 0.6) is 11.5 Å². The van der Waals surface area contributed by atoms with E-state index in [4.69, 9.17) is 9.47 Å². The molecule has 0 aliphatic carbocycles. The zero-order valence-electron chi connectivity index (χ0n) is 20.7. The Hall–Kier alpha value is -4.10. The standard InChI is InChI=1S/C31H26N2O4S/c34-29(32-13-11-23-4-3-15-38-23)21-9-7-20(8-10-21)18-33-26-6-2-1-5-24(26)31(30(33)35)19-37-28-17-27-22(12-14-36-27)16-25(28)31/h1-10,15-17H,11-14,18-19H2,(H,32,34). The summed E-state index contributed by atoms with van der Waals surface area (Å²) >= 11 is 1.69. The van der Waals surface area contributed by atoms with E-state index in [0.29, 0.717) is 25.3 Å². The van der Waals surface area contributed by atoms with Crippen molar-refractivity contribution in [2.24, 2.45) is 0 Å². The molecular formula is C31H26N2O4S. The fourth-order valence-electron chi connectivity index (χ4n) is 5.81. The summed E-state index contributed by atoms with van der Waals surface area (Å²) in [4.78, 5) is 29.9. The van der Waals surface area contributed by atoms with Gasteiger partial charge in [0, 0.05) is 40.7 Å². The summed E-state index contributed by atoms with van der Waals surface area (Å²) in [6.07, 6.45) is 1.66. The quantitative estimate of drug-likeness (QED) is 0.392. The van der Waals surface area contributed by atoms with Crippen molar-refractivity contribution < 1.29 is 19.1 Å². The molecule has 190 valence electrons. The molecule has 3 aliphatic heterocycles. The van der Waals surface area contributed by atoms with Gasteiger partial charge in [-0.25, -0.2) is 0 Å². The largest absolute Gasteiger partial charge is 0.493 e. The normalized spacial score (nSPS) is 18.6. The Balaban J connectivity index is 1.12. The molecule has 7 rings (SSSR count). The molecule has 4 heterocycles. The summed E-state index contributed by atoms with van der Waals surface area (Å²) in [7, 11) is 0. The molecule has 1 spiro atoms. The van der Waals surface area contributed by atoms with Crippen LogP contribution in [0.4, 0.5) is 5.69 Å². The van der Waals surface area contributed by atoms with Gasteiger partial charge < -0.3 is 19.7 Å². The van der Waals surface area contributed by atoms with E-state index < -0.39 is 5.41 Å². The Morgan fingerprint density at radius 1 is 0.974 bits per heavy atom. The highest BCUT2D eigenvalue weighted by atomic mass is 32.1. The smallest absolute Gasteiger partial charge is 0.251 e. The Kier molecular flexibility index (Phi) is 5.48. The molecule has 0 fully saturated rings. The number of carbonyl (C=O) groups excluding carboxylic acids is 2. The maximum atomic E-state index is 14.2. The number of hydrogen-bond acceptors (Lipinski definition) is 5. The number of carbonyl (C=O) groups is 2. The number of benzene rings is 3. The van der Waals surface area contributed by atoms with Gasteiger partial charge in [0.2, 0.25) is 5.91 Å². The van der Waals surface area contributed by atoms with Crippen molar-refractivity contribution in [2.45, 2.75) is 24.8 Å². The molecule has 38 heavy (non-hydrogen) atoms. The third kappa shape index (κ3) is 3.61. The lowest BCUT2D eigenvalue weighted by atomic mass is 9.76. The van der Waals surface area contributed by atoms with Crippen molar-refractivity contribution in [3.8, 4) is 11.5 Å². The van der Waals surface area contributed by atoms with Crippen LogP contribution in [0.25, 0.3) is 0 Å². The third-order valence-electron chi connectivity index (χ3n) is 7.75. The predicted octanol–water partition coefficient (Wildman–Crippen LogP) is 4.88. The van der Waals surface area contributed by atoms with Crippen LogP contribution in [0.1, 0.15) is 37.5 Å². The second-order valence-electron chi connectivity index (χ2n) is 9.94. The summed E-state index contributed by atoms with van der Waals surface area (Å²) in [6, 6.07) is 23.7. The summed E-state index contributed by atoms with van der Waals surface area (Å²) < 4.78 is 11.8. The van der Waals surface area contributed by atoms with Crippen molar-refractivity contribution in [1.29, 1.82) is 0 Å². The third-order valence-corrected chi connectivity index (χ3v) is 8.69. The molecule has 3 aromatic carbocycles. The Morgan fingerprint density at radius 2 is 1.84 bits per heavy atom. The zero-order valence-corrected chi connectivity index (χ0v) is 21.6. The van der Waals surface area contributed by atoms with E-state index in [1.54, 1.807) is 11.3 Å². The minimum atomic E-state index is -0.855. The molecule has 0 saturated carbocycles. The van der Waals surface area contributed by atoms with Gasteiger partial charge in [-0.15, -0.1) is 11.3 Å². The molecule has 0 bridgehead atoms. The van der Waals surface area contributed by atoms with Crippen LogP contribution in [-0.2, 0) is 29.6 Å². The van der Waals surface area contributed by atoms with Crippen LogP contribution in [0.3, 0.4) is 0 Å². The Bertz CT molecular complexity index is 1550. The molecule has 7 heteroatoms. The number of hydrogen-bond donors (Lipinski definition) is 1. The lowest BCUT2D eigenvalue weighted by Crippen LogP contribution is -2.42. The fraction of sp³-hybridized carbons (Fsp3) is 0.226. The van der Waals surface area contributed by atoms with Crippen molar-refractivity contribution in [3.63, 3.8) is 0 Å². The predicted molar refractivity (Wildman–Crippen MR) is 146 cm³/mol. The average molecular weight is 523 g/mol. The van der Waals surface area contributed by atoms with E-state index >= 15 is 0 Å². The van der Waals surface area contributed by atoms with Gasteiger partial charge in [-0.2, -0.15) is 0 Å². The molecule has 2 amide bonds. The van der Waals surface area contributed by atoms with E-state index in [1.165, 1.54) is 4.88 Å². The van der Waals surface area contributed by atoms with Gasteiger partial charge in [-0.1, -0.05) is 36.4 Å². The number of anilines is 1. The van der Waals surface area contributed by atoms with Gasteiger partial charge in [0.15, 0.2) is 0 Å². The number of ether oxygens (including phenoxy) is 2. The van der Waals surface area contributed by atoms with Gasteiger partial charge in [-0.05, 0) is 58.8 Å². The van der Waals surface area contributed by atoms with Crippen molar-refractivity contribution in [2.75, 3.05) is 24.7 Å². The molecule has 1 N–H and O–H groups in total. The minimum absolute atomic E-state index is 0.0201. The van der Waals surface area contributed by atoms with Crippen LogP contribution in [0.15, 0.2) is 78.2 Å². The summed E-state index contributed by atoms with van der Waals surface area (Å²) in [6.45, 7) is 1.95.